The molecule has 1 aliphatic rings. The van der Waals surface area contributed by atoms with E-state index in [1.165, 1.54) is 0 Å². The standard InChI is InChI=1S/C5H5.Ho/c1-2-4-5-3-1;/h1-3H,4H2;/q-1;. The normalized spacial score (nSPS) is 14.7. The van der Waals surface area contributed by atoms with Gasteiger partial charge in [-0.05, 0) is 0 Å². The van der Waals surface area contributed by atoms with Gasteiger partial charge in [-0.25, -0.2) is 12.2 Å². The van der Waals surface area contributed by atoms with Gasteiger partial charge in [-0.2, -0.15) is 6.08 Å². The number of hydrogen-bond acceptors (Lipinski definition) is 0. The zero-order chi connectivity index (χ0) is 3.54. The van der Waals surface area contributed by atoms with E-state index in [4.69, 9.17) is 0 Å². The van der Waals surface area contributed by atoms with Crippen molar-refractivity contribution in [1.29, 1.82) is 0 Å². The van der Waals surface area contributed by atoms with Crippen molar-refractivity contribution >= 4 is 0 Å². The molecule has 37 valence electrons. The van der Waals surface area contributed by atoms with Gasteiger partial charge in [-0.3, -0.25) is 6.08 Å². The van der Waals surface area contributed by atoms with Crippen molar-refractivity contribution in [1.82, 2.24) is 0 Å². The summed E-state index contributed by atoms with van der Waals surface area (Å²) in [5, 5.41) is 0. The van der Waals surface area contributed by atoms with E-state index < -0.39 is 0 Å². The molecule has 0 aromatic rings. The van der Waals surface area contributed by atoms with Crippen LogP contribution in [0.5, 0.6) is 0 Å². The molecule has 1 rings (SSSR count). The van der Waals surface area contributed by atoms with Gasteiger partial charge in [0, 0.05) is 37.7 Å². The molecule has 0 fully saturated rings. The Morgan fingerprint density at radius 1 is 1.50 bits per heavy atom. The van der Waals surface area contributed by atoms with Crippen molar-refractivity contribution < 1.29 is 37.7 Å². The molecule has 0 unspecified atom stereocenters. The number of hydrogen-bond donors (Lipinski definition) is 0. The Labute approximate surface area is 67.9 Å². The molecule has 0 saturated carbocycles. The first-order valence-corrected chi connectivity index (χ1v) is 1.72. The molecule has 6 heavy (non-hydrogen) atoms. The Kier molecular flexibility index (Phi) is 4.40. The van der Waals surface area contributed by atoms with Crippen LogP contribution in [0.1, 0.15) is 6.42 Å². The maximum atomic E-state index is 2.99. The molecule has 0 aromatic carbocycles. The molecule has 0 N–H and O–H groups in total. The molecule has 0 spiro atoms. The molecule has 1 radical (unpaired) electrons. The monoisotopic (exact) mass is 230 g/mol. The minimum Gasteiger partial charge on any atom is -0.273 e. The molecule has 0 heterocycles. The molecule has 0 amide bonds. The fourth-order valence-corrected chi connectivity index (χ4v) is 0.340. The zero-order valence-corrected chi connectivity index (χ0v) is 5.18. The molecule has 1 heteroatoms. The third kappa shape index (κ3) is 2.01. The summed E-state index contributed by atoms with van der Waals surface area (Å²) in [6.45, 7) is 0. The first-order chi connectivity index (χ1) is 2.50. The van der Waals surface area contributed by atoms with E-state index in [2.05, 4.69) is 12.2 Å². The van der Waals surface area contributed by atoms with E-state index in [9.17, 15) is 0 Å². The largest absolute Gasteiger partial charge is 0.273 e. The number of rotatable bonds is 0. The quantitative estimate of drug-likeness (QED) is 0.434. The smallest absolute Gasteiger partial charge is 0 e. The summed E-state index contributed by atoms with van der Waals surface area (Å²) in [5.41, 5.74) is 0. The molecule has 1 aliphatic carbocycles. The first-order valence-electron chi connectivity index (χ1n) is 1.72. The molecular weight excluding hydrogens is 225 g/mol. The Hall–Kier alpha value is 0.740. The maximum Gasteiger partial charge on any atom is 0 e. The summed E-state index contributed by atoms with van der Waals surface area (Å²) in [6.07, 6.45) is 10.0. The van der Waals surface area contributed by atoms with Gasteiger partial charge < -0.3 is 0 Å². The number of allylic oxidation sites excluding steroid dienone is 4. The second-order valence-corrected chi connectivity index (χ2v) is 1.00. The van der Waals surface area contributed by atoms with Crippen LogP contribution >= 0.6 is 0 Å². The zero-order valence-electron chi connectivity index (χ0n) is 3.24. The SMILES string of the molecule is [C-]1=CC=CC1.[Ho]. The fourth-order valence-electron chi connectivity index (χ4n) is 0.340. The molecule has 0 saturated heterocycles. The predicted octanol–water partition coefficient (Wildman–Crippen LogP) is 1.31. The van der Waals surface area contributed by atoms with E-state index >= 15 is 0 Å². The molecule has 0 aromatic heterocycles. The van der Waals surface area contributed by atoms with Gasteiger partial charge in [-0.15, -0.1) is 6.42 Å². The summed E-state index contributed by atoms with van der Waals surface area (Å²) >= 11 is 0. The Bertz CT molecular complexity index is 62.0. The van der Waals surface area contributed by atoms with Crippen LogP contribution in [0, 0.1) is 43.8 Å². The minimum atomic E-state index is 0. The topological polar surface area (TPSA) is 0 Å². The van der Waals surface area contributed by atoms with Crippen molar-refractivity contribution in [2.75, 3.05) is 0 Å². The summed E-state index contributed by atoms with van der Waals surface area (Å²) < 4.78 is 0. The van der Waals surface area contributed by atoms with Crippen LogP contribution in [0.2, 0.25) is 0 Å². The second-order valence-electron chi connectivity index (χ2n) is 1.00. The van der Waals surface area contributed by atoms with Gasteiger partial charge >= 0.3 is 0 Å². The van der Waals surface area contributed by atoms with Crippen molar-refractivity contribution in [2.45, 2.75) is 6.42 Å². The first kappa shape index (κ1) is 6.74. The van der Waals surface area contributed by atoms with Crippen LogP contribution in [-0.4, -0.2) is 0 Å². The average Bonchev–Trinajstić information content (AvgIpc) is 1.76. The third-order valence-corrected chi connectivity index (χ3v) is 0.586. The molecule has 0 nitrogen and oxygen atoms in total. The maximum absolute atomic E-state index is 2.99. The summed E-state index contributed by atoms with van der Waals surface area (Å²) in [4.78, 5) is 0. The van der Waals surface area contributed by atoms with Gasteiger partial charge in [-0.1, -0.05) is 0 Å². The summed E-state index contributed by atoms with van der Waals surface area (Å²) in [6, 6.07) is 0. The Morgan fingerprint density at radius 2 is 2.33 bits per heavy atom. The Balaban J connectivity index is 0.000000250. The van der Waals surface area contributed by atoms with E-state index in [1.807, 2.05) is 12.2 Å². The van der Waals surface area contributed by atoms with Gasteiger partial charge in [0.05, 0.1) is 0 Å². The van der Waals surface area contributed by atoms with Crippen LogP contribution in [-0.2, 0) is 0 Å². The van der Waals surface area contributed by atoms with Crippen LogP contribution in [0.4, 0.5) is 0 Å². The predicted molar refractivity (Wildman–Crippen MR) is 21.6 cm³/mol. The van der Waals surface area contributed by atoms with Gasteiger partial charge in [0.2, 0.25) is 0 Å². The van der Waals surface area contributed by atoms with Crippen LogP contribution in [0.25, 0.3) is 0 Å². The van der Waals surface area contributed by atoms with Gasteiger partial charge in [0.25, 0.3) is 0 Å². The Morgan fingerprint density at radius 3 is 2.50 bits per heavy atom. The van der Waals surface area contributed by atoms with Gasteiger partial charge in [0.1, 0.15) is 0 Å². The summed E-state index contributed by atoms with van der Waals surface area (Å²) in [7, 11) is 0. The average molecular weight is 230 g/mol. The minimum absolute atomic E-state index is 0. The van der Waals surface area contributed by atoms with Crippen LogP contribution in [0.15, 0.2) is 18.2 Å². The van der Waals surface area contributed by atoms with Crippen molar-refractivity contribution in [3.8, 4) is 0 Å². The summed E-state index contributed by atoms with van der Waals surface area (Å²) in [5.74, 6) is 0. The van der Waals surface area contributed by atoms with Crippen molar-refractivity contribution in [3.63, 3.8) is 0 Å². The van der Waals surface area contributed by atoms with E-state index in [-0.39, 0.29) is 37.7 Å². The fraction of sp³-hybridized carbons (Fsp3) is 0.200. The van der Waals surface area contributed by atoms with Crippen molar-refractivity contribution in [3.05, 3.63) is 24.3 Å². The van der Waals surface area contributed by atoms with Gasteiger partial charge in [0.15, 0.2) is 0 Å². The molecule has 0 aliphatic heterocycles. The van der Waals surface area contributed by atoms with Crippen LogP contribution in [0.3, 0.4) is 0 Å². The molecule has 0 bridgehead atoms. The molecular formula is C5H5Ho-. The van der Waals surface area contributed by atoms with E-state index in [0.717, 1.165) is 6.42 Å². The second kappa shape index (κ2) is 3.91. The van der Waals surface area contributed by atoms with E-state index in [0.29, 0.717) is 0 Å². The van der Waals surface area contributed by atoms with E-state index in [1.54, 1.807) is 0 Å². The third-order valence-electron chi connectivity index (χ3n) is 0.586. The van der Waals surface area contributed by atoms with Crippen LogP contribution < -0.4 is 0 Å². The molecule has 0 atom stereocenters. The van der Waals surface area contributed by atoms with Crippen molar-refractivity contribution in [2.24, 2.45) is 0 Å².